The highest BCUT2D eigenvalue weighted by molar-refractivity contribution is 5.82. The first kappa shape index (κ1) is 101. The third-order valence-corrected chi connectivity index (χ3v) is 29.8. The third kappa shape index (κ3) is 23.9. The van der Waals surface area contributed by atoms with Crippen LogP contribution in [-0.4, -0.2) is 300 Å². The Hall–Kier alpha value is -14.9. The summed E-state index contributed by atoms with van der Waals surface area (Å²) >= 11 is 0. The number of benzene rings is 3. The molecule has 15 aromatic rings. The van der Waals surface area contributed by atoms with Crippen LogP contribution in [0.1, 0.15) is 103 Å². The largest absolute Gasteiger partial charge is 0.468 e. The molecule has 42 heteroatoms. The SMILES string of the molecule is COC(=O)CN1CCC2(CC1)CN(C(=O)N1CC=C(c3cccn4nc(Nc5cnn(C)c5)nc34)CC1)C2.COC(=O)CNCC1(c2ccc(C)cc2)CCN(c2cccn3nc(Nc4cnn(C)c4)nc23)CC1.Cc1ccc(C2(CCN3CCOCC3)CCN(c3cccn4nc(Nc5cnn(C)c5)nc34)CC2)cc1.Cc1ccc(C2(CNCC(F)(F)F)CCN(c3cccn4nc(Nc5cnn(C)c5)nc34)CC2)cc1. The van der Waals surface area contributed by atoms with Gasteiger partial charge in [0, 0.05) is 191 Å². The maximum absolute atomic E-state index is 13.2. The Bertz CT molecular complexity index is 7030. The number of ether oxygens (including phenoxy) is 3. The first-order valence-electron chi connectivity index (χ1n) is 50.4. The standard InChI is InChI=1S/C28H36N8O.C26H33N9O3.C26H32N8O2.C25H29F3N8/c1-22-5-7-23(8-6-22)28(9-13-34-16-18-37-19-17-34)10-14-35(15-11-28)25-4-3-12-36-26(25)31-27(32-36)30-24-20-29-33(2)21-24;1-31-15-20(14-27-31)28-24-29-23-21(4-3-9-35(23)30-24)19-5-10-33(11-6-19)25(37)34-17-26(18-34)7-12-32(13-8-26)16-22(36)38-2;1-19-6-8-20(9-7-19)26(18-27-16-23(35)36-3)10-13-33(14-11-26)22-5-4-12-34-24(22)30-25(31-34)29-21-15-28-32(2)17-21;1-18-5-7-19(8-6-18)24(16-29-17-25(26,27)28)9-12-35(13-10-24)21-4-3-11-36-22(21)32-23(33-36)31-20-14-30-34(2)15-20/h3-8,12,20-21H,9-11,13-19H2,1-2H3,(H,30,32);3-5,9,14-15H,6-8,10-13,16-18H2,1-2H3,(H,28,30);4-9,12,15,17,27H,10-11,13-14,16,18H2,1-3H3,(H,29,31);3-8,11,14-15,29H,9-10,12-13,16-17H2,1-2H3,(H,31,33). The number of likely N-dealkylation sites (tertiary alicyclic amines) is 2. The molecule has 6 fully saturated rings. The molecule has 6 saturated heterocycles. The monoisotopic (exact) mass is 2010 g/mol. The molecule has 1 spiro atoms. The predicted molar refractivity (Wildman–Crippen MR) is 558 cm³/mol. The van der Waals surface area contributed by atoms with E-state index in [-0.39, 0.29) is 52.7 Å². The summed E-state index contributed by atoms with van der Waals surface area (Å²) in [5.41, 5.74) is 19.4. The molecule has 6 N–H and O–H groups in total. The van der Waals surface area contributed by atoms with E-state index in [4.69, 9.17) is 34.1 Å². The average Bonchev–Trinajstić information content (AvgIpc) is 1.70. The van der Waals surface area contributed by atoms with Crippen LogP contribution in [0.3, 0.4) is 0 Å². The van der Waals surface area contributed by atoms with Gasteiger partial charge in [-0.3, -0.25) is 38.1 Å². The maximum Gasteiger partial charge on any atom is 0.401 e. The van der Waals surface area contributed by atoms with Crippen LogP contribution < -0.4 is 46.6 Å². The van der Waals surface area contributed by atoms with E-state index in [1.165, 1.54) is 48.5 Å². The molecule has 0 unspecified atom stereocenters. The number of urea groups is 1. The highest BCUT2D eigenvalue weighted by Gasteiger charge is 2.49. The molecule has 0 atom stereocenters. The van der Waals surface area contributed by atoms with Gasteiger partial charge in [-0.15, -0.1) is 20.4 Å². The summed E-state index contributed by atoms with van der Waals surface area (Å²) in [5.74, 6) is 1.66. The number of carbonyl (C=O) groups is 3. The van der Waals surface area contributed by atoms with Crippen molar-refractivity contribution in [3.8, 4) is 0 Å². The number of morpholine rings is 1. The van der Waals surface area contributed by atoms with E-state index >= 15 is 0 Å². The smallest absolute Gasteiger partial charge is 0.401 e. The second kappa shape index (κ2) is 44.2. The number of rotatable bonds is 27. The van der Waals surface area contributed by atoms with Crippen molar-refractivity contribution < 1.29 is 41.8 Å². The highest BCUT2D eigenvalue weighted by atomic mass is 19.4. The van der Waals surface area contributed by atoms with Crippen molar-refractivity contribution in [1.82, 2.24) is 128 Å². The van der Waals surface area contributed by atoms with Gasteiger partial charge in [0.25, 0.3) is 0 Å². The molecule has 147 heavy (non-hydrogen) atoms. The van der Waals surface area contributed by atoms with Gasteiger partial charge in [0.1, 0.15) is 0 Å². The quantitative estimate of drug-likeness (QED) is 0.0260. The minimum Gasteiger partial charge on any atom is -0.468 e. The predicted octanol–water partition coefficient (Wildman–Crippen LogP) is 12.8. The van der Waals surface area contributed by atoms with Gasteiger partial charge >= 0.3 is 24.1 Å². The second-order valence-electron chi connectivity index (χ2n) is 39.9. The van der Waals surface area contributed by atoms with E-state index in [1.807, 2.05) is 140 Å². The molecule has 39 nitrogen and oxygen atoms in total. The number of hydrogen-bond acceptors (Lipinski definition) is 29. The summed E-state index contributed by atoms with van der Waals surface area (Å²) in [7, 11) is 10.3. The van der Waals surface area contributed by atoms with Crippen molar-refractivity contribution in [2.45, 2.75) is 107 Å². The molecule has 2 amide bonds. The Morgan fingerprint density at radius 3 is 1.19 bits per heavy atom. The fourth-order valence-electron chi connectivity index (χ4n) is 21.4. The van der Waals surface area contributed by atoms with E-state index < -0.39 is 12.7 Å². The average molecular weight is 2010 g/mol. The number of nitrogens with zero attached hydrogens (tertiary/aromatic N) is 27. The number of anilines is 11. The Morgan fingerprint density at radius 2 is 0.810 bits per heavy atom. The van der Waals surface area contributed by atoms with Crippen molar-refractivity contribution in [3.05, 3.63) is 241 Å². The summed E-state index contributed by atoms with van der Waals surface area (Å²) in [6.45, 7) is 21.5. The summed E-state index contributed by atoms with van der Waals surface area (Å²) in [6, 6.07) is 42.6. The number of alkyl halides is 3. The molecule has 7 aliphatic heterocycles. The number of halogens is 3. The van der Waals surface area contributed by atoms with E-state index in [2.05, 4.69) is 202 Å². The number of aryl methyl sites for hydroxylation is 7. The third-order valence-electron chi connectivity index (χ3n) is 29.8. The number of methoxy groups -OCH3 is 2. The minimum absolute atomic E-state index is 0.0655. The van der Waals surface area contributed by atoms with Gasteiger partial charge in [0.2, 0.25) is 23.8 Å². The van der Waals surface area contributed by atoms with Gasteiger partial charge in [-0.25, -0.2) is 22.9 Å². The van der Waals surface area contributed by atoms with Crippen LogP contribution in [0.25, 0.3) is 28.2 Å². The Kier molecular flexibility index (Phi) is 30.3. The van der Waals surface area contributed by atoms with Gasteiger partial charge in [-0.1, -0.05) is 95.6 Å². The summed E-state index contributed by atoms with van der Waals surface area (Å²) in [6.07, 6.45) is 29.5. The van der Waals surface area contributed by atoms with Crippen LogP contribution >= 0.6 is 0 Å². The van der Waals surface area contributed by atoms with Gasteiger partial charge in [-0.05, 0) is 181 Å². The van der Waals surface area contributed by atoms with Crippen LogP contribution in [0.5, 0.6) is 0 Å². The second-order valence-corrected chi connectivity index (χ2v) is 39.9. The lowest BCUT2D eigenvalue weighted by Gasteiger charge is -2.54. The van der Waals surface area contributed by atoms with E-state index in [0.717, 1.165) is 222 Å². The van der Waals surface area contributed by atoms with Crippen LogP contribution in [0.15, 0.2) is 202 Å². The lowest BCUT2D eigenvalue weighted by molar-refractivity contribution is -0.143. The van der Waals surface area contributed by atoms with Crippen LogP contribution in [0, 0.1) is 26.2 Å². The Labute approximate surface area is 850 Å². The number of fused-ring (bicyclic) bond motifs is 4. The molecule has 0 bridgehead atoms. The van der Waals surface area contributed by atoms with E-state index in [9.17, 15) is 27.6 Å². The molecule has 0 saturated carbocycles. The van der Waals surface area contributed by atoms with Crippen molar-refractivity contribution in [3.63, 3.8) is 0 Å². The van der Waals surface area contributed by atoms with Gasteiger partial charge in [0.15, 0.2) is 22.6 Å². The number of hydrogen-bond donors (Lipinski definition) is 6. The molecule has 0 aliphatic carbocycles. The first-order valence-corrected chi connectivity index (χ1v) is 50.4. The molecule has 0 radical (unpaired) electrons. The number of piperidine rings is 4. The molecule has 772 valence electrons. The number of aromatic nitrogens is 20. The molecular formula is C105H130F3N33O6. The number of carbonyl (C=O) groups excluding carboxylic acids is 3. The Morgan fingerprint density at radius 1 is 0.429 bits per heavy atom. The lowest BCUT2D eigenvalue weighted by atomic mass is 9.70. The summed E-state index contributed by atoms with van der Waals surface area (Å²) < 4.78 is 67.9. The summed E-state index contributed by atoms with van der Waals surface area (Å²) in [4.78, 5) is 71.2. The normalized spacial score (nSPS) is 17.3. The molecule has 19 heterocycles. The first-order chi connectivity index (χ1) is 71.1. The number of pyridine rings is 4. The van der Waals surface area contributed by atoms with Crippen LogP contribution in [0.2, 0.25) is 0 Å². The van der Waals surface area contributed by atoms with Crippen molar-refractivity contribution in [2.24, 2.45) is 33.6 Å². The molecule has 7 aliphatic rings. The van der Waals surface area contributed by atoms with Gasteiger partial charge < -0.3 is 70.6 Å². The van der Waals surface area contributed by atoms with Crippen molar-refractivity contribution in [1.29, 1.82) is 0 Å². The fourth-order valence-corrected chi connectivity index (χ4v) is 21.4. The van der Waals surface area contributed by atoms with Crippen molar-refractivity contribution >= 4 is 110 Å². The number of nitrogens with one attached hydrogen (secondary N) is 6. The summed E-state index contributed by atoms with van der Waals surface area (Å²) in [5, 5.41) is 54.0. The minimum atomic E-state index is -4.24. The number of amides is 2. The van der Waals surface area contributed by atoms with E-state index in [0.29, 0.717) is 63.1 Å². The van der Waals surface area contributed by atoms with Crippen molar-refractivity contribution in [2.75, 3.05) is 194 Å². The number of esters is 2. The van der Waals surface area contributed by atoms with Crippen LogP contribution in [0.4, 0.5) is 81.6 Å². The topological polar surface area (TPSA) is 366 Å². The Balaban J connectivity index is 0.000000124. The van der Waals surface area contributed by atoms with Gasteiger partial charge in [-0.2, -0.15) is 53.5 Å². The zero-order valence-corrected chi connectivity index (χ0v) is 84.8. The molecule has 3 aromatic carbocycles. The van der Waals surface area contributed by atoms with Crippen LogP contribution in [-0.2, 0) is 68.2 Å². The zero-order chi connectivity index (χ0) is 102. The van der Waals surface area contributed by atoms with E-state index in [1.54, 1.807) is 52.5 Å². The molecule has 12 aromatic heterocycles. The molecule has 22 rings (SSSR count). The molecular weight excluding hydrogens is 1880 g/mol. The fraction of sp³-hybridized carbons (Fsp3) is 0.438. The highest BCUT2D eigenvalue weighted by Crippen LogP contribution is 2.46. The lowest BCUT2D eigenvalue weighted by Crippen LogP contribution is -2.64. The zero-order valence-electron chi connectivity index (χ0n) is 84.8. The van der Waals surface area contributed by atoms with Gasteiger partial charge in [0.05, 0.1) is 112 Å². The maximum atomic E-state index is 13.2.